The minimum Gasteiger partial charge on any atom is -0.352 e. The lowest BCUT2D eigenvalue weighted by Gasteiger charge is -2.12. The minimum absolute atomic E-state index is 0.0376. The van der Waals surface area contributed by atoms with Crippen LogP contribution in [0.1, 0.15) is 23.2 Å². The highest BCUT2D eigenvalue weighted by Gasteiger charge is 2.32. The zero-order valence-electron chi connectivity index (χ0n) is 11.2. The molecule has 0 aliphatic carbocycles. The number of carbonyl (C=O) groups excluding carboxylic acids is 1. The smallest absolute Gasteiger partial charge is 0.352 e. The fourth-order valence-electron chi connectivity index (χ4n) is 2.20. The number of hydrogen-bond donors (Lipinski definition) is 2. The average molecular weight is 319 g/mol. The van der Waals surface area contributed by atoms with Gasteiger partial charge in [0.2, 0.25) is 0 Å². The van der Waals surface area contributed by atoms with Gasteiger partial charge in [-0.05, 0) is 44.0 Å². The van der Waals surface area contributed by atoms with Crippen LogP contribution in [-0.2, 0) is 0 Å². The molecule has 116 valence electrons. The molecule has 1 fully saturated rings. The zero-order chi connectivity index (χ0) is 15.3. The topological polar surface area (TPSA) is 54.0 Å². The molecule has 1 aliphatic rings. The van der Waals surface area contributed by atoms with Crippen LogP contribution >= 0.6 is 11.8 Å². The average Bonchev–Trinajstić information content (AvgIpc) is 2.90. The van der Waals surface area contributed by atoms with Crippen LogP contribution in [-0.4, -0.2) is 36.0 Å². The number of thioether (sulfide) groups is 1. The van der Waals surface area contributed by atoms with E-state index in [0.29, 0.717) is 12.5 Å². The van der Waals surface area contributed by atoms with Crippen LogP contribution in [0.2, 0.25) is 0 Å². The van der Waals surface area contributed by atoms with Gasteiger partial charge >= 0.3 is 5.51 Å². The van der Waals surface area contributed by atoms with Crippen molar-refractivity contribution in [3.8, 4) is 0 Å². The van der Waals surface area contributed by atoms with E-state index in [2.05, 4.69) is 15.6 Å². The Morgan fingerprint density at radius 1 is 1.52 bits per heavy atom. The highest BCUT2D eigenvalue weighted by atomic mass is 32.2. The second-order valence-electron chi connectivity index (χ2n) is 4.81. The maximum atomic E-state index is 12.4. The van der Waals surface area contributed by atoms with Crippen molar-refractivity contribution in [2.75, 3.05) is 19.6 Å². The normalized spacial score (nSPS) is 18.7. The molecule has 1 aromatic heterocycles. The van der Waals surface area contributed by atoms with Gasteiger partial charge in [0.1, 0.15) is 5.03 Å². The molecular weight excluding hydrogens is 303 g/mol. The Labute approximate surface area is 124 Å². The summed E-state index contributed by atoms with van der Waals surface area (Å²) in [5.41, 5.74) is -4.50. The number of carbonyl (C=O) groups is 1. The first kappa shape index (κ1) is 16.1. The summed E-state index contributed by atoms with van der Waals surface area (Å²) in [6.45, 7) is 2.36. The monoisotopic (exact) mass is 319 g/mol. The zero-order valence-corrected chi connectivity index (χ0v) is 12.1. The lowest BCUT2D eigenvalue weighted by atomic mass is 10.1. The van der Waals surface area contributed by atoms with Crippen molar-refractivity contribution >= 4 is 17.7 Å². The van der Waals surface area contributed by atoms with Crippen LogP contribution in [0.25, 0.3) is 0 Å². The minimum atomic E-state index is -4.46. The van der Waals surface area contributed by atoms with Gasteiger partial charge in [-0.2, -0.15) is 13.2 Å². The second kappa shape index (κ2) is 7.13. The molecule has 0 spiro atoms. The molecule has 1 aromatic rings. The van der Waals surface area contributed by atoms with E-state index in [1.165, 1.54) is 18.3 Å². The molecule has 1 unspecified atom stereocenters. The molecular formula is C13H16F3N3OS. The van der Waals surface area contributed by atoms with E-state index in [1.54, 1.807) is 0 Å². The quantitative estimate of drug-likeness (QED) is 0.819. The van der Waals surface area contributed by atoms with E-state index < -0.39 is 11.4 Å². The van der Waals surface area contributed by atoms with E-state index in [4.69, 9.17) is 0 Å². The van der Waals surface area contributed by atoms with Crippen molar-refractivity contribution < 1.29 is 18.0 Å². The number of aromatic nitrogens is 1. The van der Waals surface area contributed by atoms with Crippen LogP contribution < -0.4 is 10.6 Å². The molecule has 21 heavy (non-hydrogen) atoms. The summed E-state index contributed by atoms with van der Waals surface area (Å²) in [6.07, 6.45) is 3.13. The molecule has 2 rings (SSSR count). The van der Waals surface area contributed by atoms with Crippen molar-refractivity contribution in [3.63, 3.8) is 0 Å². The summed E-state index contributed by atoms with van der Waals surface area (Å²) in [4.78, 5) is 15.6. The standard InChI is InChI=1S/C13H16F3N3OS/c14-13(15,16)21-12-10(2-1-5-19-12)11(20)18-7-4-9-3-6-17-8-9/h1-2,5,9,17H,3-4,6-8H2,(H,18,20). The number of nitrogens with zero attached hydrogens (tertiary/aromatic N) is 1. The maximum absolute atomic E-state index is 12.4. The first-order chi connectivity index (χ1) is 9.96. The van der Waals surface area contributed by atoms with Crippen molar-refractivity contribution in [3.05, 3.63) is 23.9 Å². The number of hydrogen-bond acceptors (Lipinski definition) is 4. The lowest BCUT2D eigenvalue weighted by Crippen LogP contribution is -2.27. The molecule has 1 amide bonds. The molecule has 1 aliphatic heterocycles. The van der Waals surface area contributed by atoms with Gasteiger partial charge in [0.25, 0.3) is 5.91 Å². The maximum Gasteiger partial charge on any atom is 0.447 e. The SMILES string of the molecule is O=C(NCCC1CCNC1)c1cccnc1SC(F)(F)F. The highest BCUT2D eigenvalue weighted by molar-refractivity contribution is 8.00. The van der Waals surface area contributed by atoms with Crippen molar-refractivity contribution in [1.29, 1.82) is 0 Å². The molecule has 2 heterocycles. The predicted molar refractivity (Wildman–Crippen MR) is 74.1 cm³/mol. The van der Waals surface area contributed by atoms with Crippen LogP contribution in [0, 0.1) is 5.92 Å². The molecule has 0 aromatic carbocycles. The summed E-state index contributed by atoms with van der Waals surface area (Å²) >= 11 is -0.367. The summed E-state index contributed by atoms with van der Waals surface area (Å²) in [6, 6.07) is 2.81. The lowest BCUT2D eigenvalue weighted by molar-refractivity contribution is -0.0329. The Bertz CT molecular complexity index is 490. The Morgan fingerprint density at radius 2 is 2.33 bits per heavy atom. The van der Waals surface area contributed by atoms with E-state index in [0.717, 1.165) is 25.9 Å². The van der Waals surface area contributed by atoms with E-state index in [1.807, 2.05) is 0 Å². The largest absolute Gasteiger partial charge is 0.447 e. The highest BCUT2D eigenvalue weighted by Crippen LogP contribution is 2.37. The van der Waals surface area contributed by atoms with Crippen molar-refractivity contribution in [2.45, 2.75) is 23.4 Å². The van der Waals surface area contributed by atoms with Gasteiger partial charge in [0.05, 0.1) is 5.56 Å². The molecule has 1 atom stereocenters. The van der Waals surface area contributed by atoms with Gasteiger partial charge in [0.15, 0.2) is 0 Å². The summed E-state index contributed by atoms with van der Waals surface area (Å²) in [5, 5.41) is 5.58. The van der Waals surface area contributed by atoms with Gasteiger partial charge < -0.3 is 10.6 Å². The number of rotatable bonds is 5. The van der Waals surface area contributed by atoms with Gasteiger partial charge in [-0.25, -0.2) is 4.98 Å². The summed E-state index contributed by atoms with van der Waals surface area (Å²) in [5.74, 6) is 0.00373. The first-order valence-corrected chi connectivity index (χ1v) is 7.47. The van der Waals surface area contributed by atoms with Crippen molar-refractivity contribution in [1.82, 2.24) is 15.6 Å². The Morgan fingerprint density at radius 3 is 3.00 bits per heavy atom. The molecule has 4 nitrogen and oxygen atoms in total. The molecule has 0 radical (unpaired) electrons. The third-order valence-electron chi connectivity index (χ3n) is 3.23. The second-order valence-corrected chi connectivity index (χ2v) is 5.86. The third-order valence-corrected chi connectivity index (χ3v) is 3.98. The predicted octanol–water partition coefficient (Wildman–Crippen LogP) is 2.42. The van der Waals surface area contributed by atoms with Crippen LogP contribution in [0.15, 0.2) is 23.4 Å². The summed E-state index contributed by atoms with van der Waals surface area (Å²) in [7, 11) is 0. The Hall–Kier alpha value is -1.28. The molecule has 0 bridgehead atoms. The van der Waals surface area contributed by atoms with E-state index >= 15 is 0 Å². The Balaban J connectivity index is 1.92. The molecule has 0 saturated carbocycles. The first-order valence-electron chi connectivity index (χ1n) is 6.65. The third kappa shape index (κ3) is 5.20. The van der Waals surface area contributed by atoms with E-state index in [9.17, 15) is 18.0 Å². The van der Waals surface area contributed by atoms with Crippen molar-refractivity contribution in [2.24, 2.45) is 5.92 Å². The summed E-state index contributed by atoms with van der Waals surface area (Å²) < 4.78 is 37.3. The van der Waals surface area contributed by atoms with Gasteiger partial charge in [-0.15, -0.1) is 0 Å². The fourth-order valence-corrected chi connectivity index (χ4v) is 2.80. The van der Waals surface area contributed by atoms with Gasteiger partial charge in [-0.1, -0.05) is 0 Å². The van der Waals surface area contributed by atoms with Crippen LogP contribution in [0.5, 0.6) is 0 Å². The van der Waals surface area contributed by atoms with Gasteiger partial charge in [0, 0.05) is 24.5 Å². The van der Waals surface area contributed by atoms with Crippen LogP contribution in [0.3, 0.4) is 0 Å². The van der Waals surface area contributed by atoms with Gasteiger partial charge in [-0.3, -0.25) is 4.79 Å². The number of alkyl halides is 3. The van der Waals surface area contributed by atoms with Crippen LogP contribution in [0.4, 0.5) is 13.2 Å². The molecule has 8 heteroatoms. The number of halogens is 3. The Kier molecular flexibility index (Phi) is 5.46. The number of amides is 1. The molecule has 2 N–H and O–H groups in total. The molecule has 1 saturated heterocycles. The van der Waals surface area contributed by atoms with E-state index in [-0.39, 0.29) is 22.4 Å². The number of pyridine rings is 1. The number of nitrogens with one attached hydrogen (secondary N) is 2. The fraction of sp³-hybridized carbons (Fsp3) is 0.538.